The van der Waals surface area contributed by atoms with Crippen molar-refractivity contribution in [3.63, 3.8) is 0 Å². The number of carbonyl (C=O) groups is 6. The van der Waals surface area contributed by atoms with Crippen LogP contribution in [0.1, 0.15) is 103 Å². The average molecular weight is 830 g/mol. The van der Waals surface area contributed by atoms with Crippen LogP contribution in [-0.2, 0) is 23.9 Å². The van der Waals surface area contributed by atoms with Gasteiger partial charge in [0.1, 0.15) is 18.8 Å². The summed E-state index contributed by atoms with van der Waals surface area (Å²) in [4.78, 5) is 81.0. The maximum atomic E-state index is 14.1. The van der Waals surface area contributed by atoms with Crippen LogP contribution in [-0.4, -0.2) is 65.7 Å². The topological polar surface area (TPSA) is 153 Å². The van der Waals surface area contributed by atoms with E-state index >= 15 is 0 Å². The van der Waals surface area contributed by atoms with Crippen molar-refractivity contribution >= 4 is 35.2 Å². The van der Waals surface area contributed by atoms with Crippen LogP contribution in [0.3, 0.4) is 0 Å². The van der Waals surface area contributed by atoms with Gasteiger partial charge in [0.05, 0.1) is 24.4 Å². The Labute approximate surface area is 360 Å². The molecule has 0 aliphatic heterocycles. The van der Waals surface area contributed by atoms with Gasteiger partial charge in [-0.3, -0.25) is 28.8 Å². The van der Waals surface area contributed by atoms with Gasteiger partial charge in [-0.25, -0.2) is 0 Å². The number of aliphatic hydroxyl groups is 1. The van der Waals surface area contributed by atoms with Gasteiger partial charge in [-0.1, -0.05) is 146 Å². The number of ether oxygens (including phenoxy) is 2. The van der Waals surface area contributed by atoms with Crippen LogP contribution in [0.2, 0.25) is 0 Å². The Morgan fingerprint density at radius 1 is 0.452 bits per heavy atom. The Balaban J connectivity index is 1.21. The van der Waals surface area contributed by atoms with E-state index in [0.29, 0.717) is 50.1 Å². The molecule has 0 fully saturated rings. The molecule has 1 amide bonds. The minimum Gasteiger partial charge on any atom is -0.462 e. The summed E-state index contributed by atoms with van der Waals surface area (Å²) in [5.41, 5.74) is 2.29. The molecule has 0 aliphatic carbocycles. The predicted molar refractivity (Wildman–Crippen MR) is 234 cm³/mol. The SMILES string of the molecule is CC(C(=O)NC(CO)(COC(=O)C(C)c1cccc(C(=O)c2ccccc2)c1)COC(=O)C(C)c1cccc(C(=O)c2ccccc2)c1)c1cccc(C(=O)c2ccccc2)c1. The van der Waals surface area contributed by atoms with Crippen LogP contribution >= 0.6 is 0 Å². The van der Waals surface area contributed by atoms with Crippen LogP contribution in [0.15, 0.2) is 164 Å². The smallest absolute Gasteiger partial charge is 0.313 e. The highest BCUT2D eigenvalue weighted by molar-refractivity contribution is 6.10. The van der Waals surface area contributed by atoms with Crippen LogP contribution < -0.4 is 5.32 Å². The van der Waals surface area contributed by atoms with Gasteiger partial charge >= 0.3 is 11.9 Å². The maximum absolute atomic E-state index is 14.1. The fourth-order valence-corrected chi connectivity index (χ4v) is 6.82. The summed E-state index contributed by atoms with van der Waals surface area (Å²) in [6.45, 7) is 2.85. The number of rotatable bonds is 18. The average Bonchev–Trinajstić information content (AvgIpc) is 3.34. The number of esters is 2. The van der Waals surface area contributed by atoms with E-state index in [0.717, 1.165) is 0 Å². The molecule has 0 saturated carbocycles. The molecule has 2 N–H and O–H groups in total. The molecule has 0 saturated heterocycles. The number of nitrogens with one attached hydrogen (secondary N) is 1. The molecule has 0 spiro atoms. The van der Waals surface area contributed by atoms with E-state index in [4.69, 9.17) is 9.47 Å². The summed E-state index contributed by atoms with van der Waals surface area (Å²) in [5.74, 6) is -5.32. The lowest BCUT2D eigenvalue weighted by molar-refractivity contribution is -0.156. The molecule has 6 rings (SSSR count). The van der Waals surface area contributed by atoms with Gasteiger partial charge in [0.15, 0.2) is 17.3 Å². The molecule has 0 radical (unpaired) electrons. The van der Waals surface area contributed by atoms with Gasteiger partial charge in [-0.05, 0) is 55.7 Å². The van der Waals surface area contributed by atoms with Gasteiger partial charge < -0.3 is 19.9 Å². The summed E-state index contributed by atoms with van der Waals surface area (Å²) < 4.78 is 11.6. The van der Waals surface area contributed by atoms with Crippen LogP contribution in [0.4, 0.5) is 0 Å². The maximum Gasteiger partial charge on any atom is 0.313 e. The first-order valence-corrected chi connectivity index (χ1v) is 20.2. The number of aliphatic hydroxyl groups excluding tert-OH is 1. The number of hydrogen-bond donors (Lipinski definition) is 2. The first kappa shape index (κ1) is 44.3. The number of benzene rings is 6. The molecular formula is C52H47NO9. The van der Waals surface area contributed by atoms with Crippen LogP contribution in [0, 0.1) is 0 Å². The minimum atomic E-state index is -1.82. The molecule has 314 valence electrons. The van der Waals surface area contributed by atoms with Crippen molar-refractivity contribution in [3.05, 3.63) is 214 Å². The predicted octanol–water partition coefficient (Wildman–Crippen LogP) is 8.02. The third-order valence-corrected chi connectivity index (χ3v) is 10.8. The summed E-state index contributed by atoms with van der Waals surface area (Å²) in [5, 5.41) is 13.7. The zero-order valence-electron chi connectivity index (χ0n) is 34.7. The molecule has 62 heavy (non-hydrogen) atoms. The van der Waals surface area contributed by atoms with Crippen molar-refractivity contribution < 1.29 is 43.3 Å². The van der Waals surface area contributed by atoms with Crippen molar-refractivity contribution in [1.29, 1.82) is 0 Å². The first-order valence-electron chi connectivity index (χ1n) is 20.2. The molecule has 10 heteroatoms. The van der Waals surface area contributed by atoms with Crippen molar-refractivity contribution in [2.45, 2.75) is 44.1 Å². The largest absolute Gasteiger partial charge is 0.462 e. The second-order valence-corrected chi connectivity index (χ2v) is 15.3. The van der Waals surface area contributed by atoms with Gasteiger partial charge in [-0.2, -0.15) is 0 Å². The molecule has 10 nitrogen and oxygen atoms in total. The molecule has 3 unspecified atom stereocenters. The monoisotopic (exact) mass is 829 g/mol. The van der Waals surface area contributed by atoms with Gasteiger partial charge in [0.25, 0.3) is 0 Å². The Kier molecular flexibility index (Phi) is 14.5. The van der Waals surface area contributed by atoms with E-state index in [1.54, 1.807) is 166 Å². The molecule has 6 aromatic carbocycles. The first-order chi connectivity index (χ1) is 29.9. The summed E-state index contributed by atoms with van der Waals surface area (Å²) in [6.07, 6.45) is 0. The quantitative estimate of drug-likeness (QED) is 0.0648. The van der Waals surface area contributed by atoms with Gasteiger partial charge in [-0.15, -0.1) is 0 Å². The van der Waals surface area contributed by atoms with E-state index in [1.165, 1.54) is 0 Å². The van der Waals surface area contributed by atoms with Crippen molar-refractivity contribution in [1.82, 2.24) is 5.32 Å². The minimum absolute atomic E-state index is 0.218. The Hall–Kier alpha value is -7.30. The third kappa shape index (κ3) is 10.7. The van der Waals surface area contributed by atoms with Crippen molar-refractivity contribution in [2.24, 2.45) is 0 Å². The lowest BCUT2D eigenvalue weighted by Crippen LogP contribution is -2.59. The highest BCUT2D eigenvalue weighted by atomic mass is 16.6. The summed E-state index contributed by atoms with van der Waals surface area (Å²) >= 11 is 0. The fraction of sp³-hybridized carbons (Fsp3) is 0.192. The van der Waals surface area contributed by atoms with Gasteiger partial charge in [0.2, 0.25) is 5.91 Å². The van der Waals surface area contributed by atoms with Crippen molar-refractivity contribution in [2.75, 3.05) is 19.8 Å². The number of hydrogen-bond acceptors (Lipinski definition) is 9. The zero-order valence-corrected chi connectivity index (χ0v) is 34.7. The molecule has 3 atom stereocenters. The standard InChI is InChI=1S/C52H47NO9/c1-34(40-22-13-25-43(28-40)46(55)37-16-7-4-8-17-37)49(58)53-52(31-54,32-61-50(59)35(2)41-23-14-26-44(29-41)47(56)38-18-9-5-10-19-38)33-62-51(60)36(3)42-24-15-27-45(30-42)48(57)39-20-11-6-12-21-39/h4-30,34-36,54H,31-33H2,1-3H3,(H,53,58). The third-order valence-electron chi connectivity index (χ3n) is 10.8. The zero-order chi connectivity index (χ0) is 44.2. The molecule has 6 aromatic rings. The highest BCUT2D eigenvalue weighted by Gasteiger charge is 2.38. The highest BCUT2D eigenvalue weighted by Crippen LogP contribution is 2.25. The van der Waals surface area contributed by atoms with E-state index in [2.05, 4.69) is 5.32 Å². The lowest BCUT2D eigenvalue weighted by Gasteiger charge is -2.33. The molecular weight excluding hydrogens is 783 g/mol. The van der Waals surface area contributed by atoms with Crippen LogP contribution in [0.5, 0.6) is 0 Å². The van der Waals surface area contributed by atoms with Gasteiger partial charge in [0, 0.05) is 33.4 Å². The normalized spacial score (nSPS) is 13.4. The molecule has 0 bridgehead atoms. The summed E-state index contributed by atoms with van der Waals surface area (Å²) in [6, 6.07) is 46.1. The fourth-order valence-electron chi connectivity index (χ4n) is 6.82. The number of carbonyl (C=O) groups excluding carboxylic acids is 6. The van der Waals surface area contributed by atoms with E-state index in [1.807, 2.05) is 18.2 Å². The van der Waals surface area contributed by atoms with Crippen molar-refractivity contribution in [3.8, 4) is 0 Å². The second-order valence-electron chi connectivity index (χ2n) is 15.3. The second kappa shape index (κ2) is 20.3. The number of ketones is 3. The van der Waals surface area contributed by atoms with E-state index in [-0.39, 0.29) is 17.3 Å². The number of amides is 1. The summed E-state index contributed by atoms with van der Waals surface area (Å²) in [7, 11) is 0. The Morgan fingerprint density at radius 3 is 1.08 bits per heavy atom. The molecule has 0 aliphatic rings. The van der Waals surface area contributed by atoms with Crippen LogP contribution in [0.25, 0.3) is 0 Å². The van der Waals surface area contributed by atoms with E-state index < -0.39 is 61.0 Å². The molecule has 0 heterocycles. The Bertz CT molecular complexity index is 2440. The molecule has 0 aromatic heterocycles. The Morgan fingerprint density at radius 2 is 0.758 bits per heavy atom. The lowest BCUT2D eigenvalue weighted by atomic mass is 9.93. The van der Waals surface area contributed by atoms with E-state index in [9.17, 15) is 33.9 Å².